The standard InChI is InChI=1S/C8H14N4/c1-3-5-11-7-10-12(4-2)8(11)6-9/h7-8H,3-5H2,1-2H3. The van der Waals surface area contributed by atoms with E-state index in [9.17, 15) is 0 Å². The van der Waals surface area contributed by atoms with Crippen molar-refractivity contribution in [1.29, 1.82) is 5.26 Å². The van der Waals surface area contributed by atoms with Gasteiger partial charge in [0.15, 0.2) is 0 Å². The first-order valence-corrected chi connectivity index (χ1v) is 4.29. The molecule has 1 aliphatic heterocycles. The lowest BCUT2D eigenvalue weighted by Gasteiger charge is -2.23. The second kappa shape index (κ2) is 3.96. The fourth-order valence-corrected chi connectivity index (χ4v) is 1.26. The Hall–Kier alpha value is -1.24. The summed E-state index contributed by atoms with van der Waals surface area (Å²) in [5.41, 5.74) is 0. The lowest BCUT2D eigenvalue weighted by molar-refractivity contribution is 0.185. The van der Waals surface area contributed by atoms with Crippen molar-refractivity contribution in [3.05, 3.63) is 0 Å². The zero-order valence-electron chi connectivity index (χ0n) is 7.56. The number of nitriles is 1. The van der Waals surface area contributed by atoms with Crippen molar-refractivity contribution in [1.82, 2.24) is 9.91 Å². The van der Waals surface area contributed by atoms with Crippen LogP contribution >= 0.6 is 0 Å². The highest BCUT2D eigenvalue weighted by Gasteiger charge is 2.25. The summed E-state index contributed by atoms with van der Waals surface area (Å²) in [5.74, 6) is 0. The van der Waals surface area contributed by atoms with Gasteiger partial charge in [0.05, 0.1) is 0 Å². The first-order chi connectivity index (χ1) is 5.83. The fraction of sp³-hybridized carbons (Fsp3) is 0.750. The zero-order chi connectivity index (χ0) is 8.97. The van der Waals surface area contributed by atoms with Crippen molar-refractivity contribution in [2.75, 3.05) is 13.1 Å². The average molecular weight is 166 g/mol. The van der Waals surface area contributed by atoms with E-state index in [1.54, 1.807) is 11.3 Å². The first kappa shape index (κ1) is 8.85. The molecule has 0 N–H and O–H groups in total. The van der Waals surface area contributed by atoms with Gasteiger partial charge in [-0.3, -0.25) is 5.01 Å². The Morgan fingerprint density at radius 1 is 1.58 bits per heavy atom. The van der Waals surface area contributed by atoms with Gasteiger partial charge in [0.25, 0.3) is 0 Å². The van der Waals surface area contributed by atoms with E-state index in [4.69, 9.17) is 5.26 Å². The highest BCUT2D eigenvalue weighted by Crippen LogP contribution is 2.10. The first-order valence-electron chi connectivity index (χ1n) is 4.29. The largest absolute Gasteiger partial charge is 0.328 e. The maximum atomic E-state index is 8.85. The topological polar surface area (TPSA) is 42.6 Å². The molecule has 1 atom stereocenters. The summed E-state index contributed by atoms with van der Waals surface area (Å²) < 4.78 is 0. The molecule has 0 aromatic heterocycles. The Morgan fingerprint density at radius 2 is 2.33 bits per heavy atom. The number of rotatable bonds is 3. The molecule has 0 bridgehead atoms. The molecular weight excluding hydrogens is 152 g/mol. The Bertz CT molecular complexity index is 206. The van der Waals surface area contributed by atoms with Crippen LogP contribution in [-0.2, 0) is 0 Å². The van der Waals surface area contributed by atoms with E-state index in [1.807, 2.05) is 11.8 Å². The van der Waals surface area contributed by atoms with Gasteiger partial charge in [0, 0.05) is 13.1 Å². The molecule has 0 saturated heterocycles. The van der Waals surface area contributed by atoms with Gasteiger partial charge in [-0.25, -0.2) is 0 Å². The zero-order valence-corrected chi connectivity index (χ0v) is 7.56. The third-order valence-electron chi connectivity index (χ3n) is 1.87. The Kier molecular flexibility index (Phi) is 2.92. The van der Waals surface area contributed by atoms with E-state index in [-0.39, 0.29) is 6.17 Å². The molecule has 66 valence electrons. The molecule has 1 aliphatic rings. The molecule has 0 aromatic rings. The van der Waals surface area contributed by atoms with E-state index in [0.29, 0.717) is 0 Å². The van der Waals surface area contributed by atoms with Crippen LogP contribution in [0.4, 0.5) is 0 Å². The summed E-state index contributed by atoms with van der Waals surface area (Å²) in [6.45, 7) is 5.78. The Labute approximate surface area is 73.1 Å². The van der Waals surface area contributed by atoms with Crippen LogP contribution < -0.4 is 0 Å². The molecule has 0 fully saturated rings. The number of nitrogens with zero attached hydrogens (tertiary/aromatic N) is 4. The van der Waals surface area contributed by atoms with Gasteiger partial charge in [-0.05, 0) is 13.3 Å². The van der Waals surface area contributed by atoms with Gasteiger partial charge in [-0.2, -0.15) is 10.4 Å². The molecular formula is C8H14N4. The molecule has 12 heavy (non-hydrogen) atoms. The number of hydrogen-bond acceptors (Lipinski definition) is 4. The summed E-state index contributed by atoms with van der Waals surface area (Å²) in [4.78, 5) is 1.96. The normalized spacial score (nSPS) is 21.6. The van der Waals surface area contributed by atoms with Crippen LogP contribution in [0.15, 0.2) is 5.10 Å². The molecule has 0 saturated carbocycles. The van der Waals surface area contributed by atoms with E-state index in [1.165, 1.54) is 0 Å². The van der Waals surface area contributed by atoms with Crippen molar-refractivity contribution in [3.63, 3.8) is 0 Å². The molecule has 0 aliphatic carbocycles. The minimum absolute atomic E-state index is 0.185. The van der Waals surface area contributed by atoms with Crippen LogP contribution in [0.5, 0.6) is 0 Å². The van der Waals surface area contributed by atoms with E-state index >= 15 is 0 Å². The van der Waals surface area contributed by atoms with Gasteiger partial charge in [0.1, 0.15) is 12.4 Å². The molecule has 1 unspecified atom stereocenters. The van der Waals surface area contributed by atoms with Gasteiger partial charge in [-0.1, -0.05) is 6.92 Å². The summed E-state index contributed by atoms with van der Waals surface area (Å²) in [6.07, 6.45) is 2.61. The van der Waals surface area contributed by atoms with Crippen molar-refractivity contribution in [2.45, 2.75) is 26.4 Å². The minimum atomic E-state index is -0.185. The molecule has 4 heteroatoms. The van der Waals surface area contributed by atoms with Gasteiger partial charge in [0.2, 0.25) is 6.17 Å². The highest BCUT2D eigenvalue weighted by atomic mass is 15.6. The molecule has 0 aromatic carbocycles. The van der Waals surface area contributed by atoms with Crippen LogP contribution in [0.2, 0.25) is 0 Å². The van der Waals surface area contributed by atoms with Gasteiger partial charge < -0.3 is 4.90 Å². The molecule has 4 nitrogen and oxygen atoms in total. The molecule has 0 spiro atoms. The van der Waals surface area contributed by atoms with Crippen LogP contribution in [0, 0.1) is 11.3 Å². The predicted molar refractivity (Wildman–Crippen MR) is 47.3 cm³/mol. The Morgan fingerprint density at radius 3 is 2.83 bits per heavy atom. The van der Waals surface area contributed by atoms with Crippen LogP contribution in [-0.4, -0.2) is 35.5 Å². The van der Waals surface area contributed by atoms with Crippen molar-refractivity contribution < 1.29 is 0 Å². The fourth-order valence-electron chi connectivity index (χ4n) is 1.26. The van der Waals surface area contributed by atoms with Crippen LogP contribution in [0.1, 0.15) is 20.3 Å². The monoisotopic (exact) mass is 166 g/mol. The minimum Gasteiger partial charge on any atom is -0.328 e. The summed E-state index contributed by atoms with van der Waals surface area (Å²) >= 11 is 0. The van der Waals surface area contributed by atoms with Crippen molar-refractivity contribution >= 4 is 6.34 Å². The van der Waals surface area contributed by atoms with E-state index in [0.717, 1.165) is 19.5 Å². The van der Waals surface area contributed by atoms with Crippen LogP contribution in [0.25, 0.3) is 0 Å². The third kappa shape index (κ3) is 1.50. The second-order valence-corrected chi connectivity index (χ2v) is 2.73. The number of hydrazone groups is 1. The van der Waals surface area contributed by atoms with Crippen molar-refractivity contribution in [3.8, 4) is 6.07 Å². The Balaban J connectivity index is 2.57. The lowest BCUT2D eigenvalue weighted by Crippen LogP contribution is -2.38. The summed E-state index contributed by atoms with van der Waals surface area (Å²) in [7, 11) is 0. The van der Waals surface area contributed by atoms with E-state index in [2.05, 4.69) is 18.1 Å². The van der Waals surface area contributed by atoms with Crippen molar-refractivity contribution in [2.24, 2.45) is 5.10 Å². The molecule has 1 rings (SSSR count). The van der Waals surface area contributed by atoms with Gasteiger partial charge in [-0.15, -0.1) is 0 Å². The molecule has 0 amide bonds. The lowest BCUT2D eigenvalue weighted by atomic mass is 10.4. The second-order valence-electron chi connectivity index (χ2n) is 2.73. The quantitative estimate of drug-likeness (QED) is 0.623. The van der Waals surface area contributed by atoms with Gasteiger partial charge >= 0.3 is 0 Å². The molecule has 1 heterocycles. The highest BCUT2D eigenvalue weighted by molar-refractivity contribution is 5.57. The van der Waals surface area contributed by atoms with Crippen LogP contribution in [0.3, 0.4) is 0 Å². The smallest absolute Gasteiger partial charge is 0.207 e. The average Bonchev–Trinajstić information content (AvgIpc) is 2.47. The summed E-state index contributed by atoms with van der Waals surface area (Å²) in [5, 5.41) is 14.8. The maximum absolute atomic E-state index is 8.85. The summed E-state index contributed by atoms with van der Waals surface area (Å²) in [6, 6.07) is 2.23. The maximum Gasteiger partial charge on any atom is 0.207 e. The predicted octanol–water partition coefficient (Wildman–Crippen LogP) is 0.827. The number of hydrogen-bond donors (Lipinski definition) is 0. The SMILES string of the molecule is CCCN1C=NN(CC)C1C#N. The third-order valence-corrected chi connectivity index (χ3v) is 1.87. The molecule has 0 radical (unpaired) electrons. The van der Waals surface area contributed by atoms with E-state index < -0.39 is 0 Å².